The fourth-order valence-corrected chi connectivity index (χ4v) is 2.92. The van der Waals surface area contributed by atoms with Gasteiger partial charge in [0.15, 0.2) is 0 Å². The van der Waals surface area contributed by atoms with Crippen LogP contribution in [-0.2, 0) is 0 Å². The maximum absolute atomic E-state index is 10.2. The summed E-state index contributed by atoms with van der Waals surface area (Å²) in [6.45, 7) is 10.0. The molecule has 0 heterocycles. The van der Waals surface area contributed by atoms with E-state index in [2.05, 4.69) is 25.7 Å². The molecule has 0 spiro atoms. The van der Waals surface area contributed by atoms with Crippen LogP contribution in [0.25, 0.3) is 5.73 Å². The molecule has 1 aliphatic carbocycles. The first-order valence-electron chi connectivity index (χ1n) is 6.78. The fraction of sp³-hybridized carbons (Fsp3) is 0.857. The molecular formula is C14H27Ac2N2O-. The Kier molecular flexibility index (Phi) is 14.7. The molecule has 1 fully saturated rings. The first-order valence-corrected chi connectivity index (χ1v) is 6.78. The molecular weight excluding hydrogens is 666 g/mol. The SMILES string of the molecule is C=C(C)NC1CC(C)C(O)C1C([NH-])CCCC.[Ac].[Ac]. The molecule has 106 valence electrons. The fourth-order valence-electron chi connectivity index (χ4n) is 2.92. The Bertz CT molecular complexity index is 264. The van der Waals surface area contributed by atoms with E-state index >= 15 is 0 Å². The largest absolute Gasteiger partial charge is 0.674 e. The van der Waals surface area contributed by atoms with Crippen LogP contribution in [0.2, 0.25) is 0 Å². The zero-order chi connectivity index (χ0) is 13.0. The Hall–Kier alpha value is 2.34. The molecule has 0 aromatic rings. The van der Waals surface area contributed by atoms with Crippen molar-refractivity contribution in [3.8, 4) is 0 Å². The Labute approximate surface area is 190 Å². The molecule has 19 heavy (non-hydrogen) atoms. The van der Waals surface area contributed by atoms with Crippen LogP contribution < -0.4 is 5.32 Å². The second-order valence-electron chi connectivity index (χ2n) is 5.56. The topological polar surface area (TPSA) is 56.1 Å². The van der Waals surface area contributed by atoms with Crippen LogP contribution in [0.3, 0.4) is 0 Å². The van der Waals surface area contributed by atoms with Gasteiger partial charge in [-0.15, -0.1) is 6.04 Å². The number of aliphatic hydroxyl groups excluding tert-OH is 1. The maximum Gasteiger partial charge on any atom is 0.0600 e. The summed E-state index contributed by atoms with van der Waals surface area (Å²) in [5.41, 5.74) is 9.17. The van der Waals surface area contributed by atoms with Crippen molar-refractivity contribution in [1.82, 2.24) is 5.32 Å². The van der Waals surface area contributed by atoms with Gasteiger partial charge in [0.1, 0.15) is 0 Å². The van der Waals surface area contributed by atoms with E-state index in [0.29, 0.717) is 0 Å². The van der Waals surface area contributed by atoms with Gasteiger partial charge in [-0.05, 0) is 25.2 Å². The third-order valence-corrected chi connectivity index (χ3v) is 3.83. The van der Waals surface area contributed by atoms with Crippen molar-refractivity contribution >= 4 is 0 Å². The first kappa shape index (κ1) is 23.6. The molecule has 2 radical (unpaired) electrons. The third kappa shape index (κ3) is 7.43. The zero-order valence-corrected chi connectivity index (χ0v) is 22.0. The van der Waals surface area contributed by atoms with Gasteiger partial charge in [0, 0.05) is 99.9 Å². The van der Waals surface area contributed by atoms with Crippen LogP contribution in [0.1, 0.15) is 46.5 Å². The van der Waals surface area contributed by atoms with Crippen molar-refractivity contribution in [2.24, 2.45) is 11.8 Å². The van der Waals surface area contributed by atoms with Crippen molar-refractivity contribution in [1.29, 1.82) is 0 Å². The van der Waals surface area contributed by atoms with Gasteiger partial charge in [-0.3, -0.25) is 0 Å². The minimum Gasteiger partial charge on any atom is -0.674 e. The minimum absolute atomic E-state index is 0. The molecule has 1 rings (SSSR count). The van der Waals surface area contributed by atoms with Gasteiger partial charge in [-0.1, -0.05) is 39.7 Å². The molecule has 3 N–H and O–H groups in total. The zero-order valence-electron chi connectivity index (χ0n) is 12.5. The molecule has 0 bridgehead atoms. The van der Waals surface area contributed by atoms with E-state index in [4.69, 9.17) is 5.73 Å². The molecule has 5 heteroatoms. The first-order chi connectivity index (χ1) is 7.97. The van der Waals surface area contributed by atoms with E-state index in [9.17, 15) is 5.11 Å². The van der Waals surface area contributed by atoms with Crippen molar-refractivity contribution in [3.63, 3.8) is 0 Å². The van der Waals surface area contributed by atoms with E-state index in [1.807, 2.05) is 6.92 Å². The van der Waals surface area contributed by atoms with Gasteiger partial charge >= 0.3 is 0 Å². The summed E-state index contributed by atoms with van der Waals surface area (Å²) in [7, 11) is 0. The number of nitrogens with one attached hydrogen (secondary N) is 2. The quantitative estimate of drug-likeness (QED) is 0.450. The van der Waals surface area contributed by atoms with Crippen molar-refractivity contribution < 1.29 is 93.2 Å². The van der Waals surface area contributed by atoms with E-state index < -0.39 is 0 Å². The van der Waals surface area contributed by atoms with Crippen molar-refractivity contribution in [3.05, 3.63) is 18.0 Å². The Balaban J connectivity index is 0. The summed E-state index contributed by atoms with van der Waals surface area (Å²) in [6, 6.07) is 0.0589. The summed E-state index contributed by atoms with van der Waals surface area (Å²) in [5, 5.41) is 13.6. The molecule has 5 atom stereocenters. The summed E-state index contributed by atoms with van der Waals surface area (Å²) in [5.74, 6) is 0.333. The Morgan fingerprint density at radius 2 is 2.05 bits per heavy atom. The molecule has 0 aromatic carbocycles. The van der Waals surface area contributed by atoms with Gasteiger partial charge in [0.2, 0.25) is 0 Å². The summed E-state index contributed by atoms with van der Waals surface area (Å²) in [4.78, 5) is 0. The van der Waals surface area contributed by atoms with Gasteiger partial charge in [0.25, 0.3) is 0 Å². The predicted octanol–water partition coefficient (Wildman–Crippen LogP) is 3.11. The Morgan fingerprint density at radius 1 is 1.47 bits per heavy atom. The van der Waals surface area contributed by atoms with E-state index in [1.54, 1.807) is 0 Å². The molecule has 5 unspecified atom stereocenters. The standard InChI is InChI=1S/C14H27N2O.2Ac/c1-5-6-7-11(15)13-12(16-9(2)3)8-10(4)14(13)17;;/h10-17H,2,5-8H2,1,3-4H3;;/q-1;;. The maximum atomic E-state index is 10.2. The van der Waals surface area contributed by atoms with Crippen LogP contribution in [0.4, 0.5) is 0 Å². The number of hydrogen-bond donors (Lipinski definition) is 2. The van der Waals surface area contributed by atoms with Crippen LogP contribution in [0, 0.1) is 100.0 Å². The second kappa shape index (κ2) is 11.9. The number of unbranched alkanes of at least 4 members (excludes halogenated alkanes) is 1. The van der Waals surface area contributed by atoms with Crippen LogP contribution >= 0.6 is 0 Å². The molecule has 0 amide bonds. The van der Waals surface area contributed by atoms with Crippen LogP contribution in [0.5, 0.6) is 0 Å². The molecule has 0 aromatic heterocycles. The molecule has 1 aliphatic rings. The summed E-state index contributed by atoms with van der Waals surface area (Å²) < 4.78 is 0. The van der Waals surface area contributed by atoms with Crippen molar-refractivity contribution in [2.45, 2.75) is 64.6 Å². The molecule has 1 saturated carbocycles. The summed E-state index contributed by atoms with van der Waals surface area (Å²) >= 11 is 0. The van der Waals surface area contributed by atoms with Crippen LogP contribution in [0.15, 0.2) is 12.3 Å². The third-order valence-electron chi connectivity index (χ3n) is 3.83. The van der Waals surface area contributed by atoms with Crippen LogP contribution in [-0.4, -0.2) is 23.3 Å². The second-order valence-corrected chi connectivity index (χ2v) is 5.56. The van der Waals surface area contributed by atoms with Gasteiger partial charge in [-0.25, -0.2) is 0 Å². The molecule has 0 saturated heterocycles. The normalized spacial score (nSPS) is 31.0. The number of allylic oxidation sites excluding steroid dienone is 1. The predicted molar refractivity (Wildman–Crippen MR) is 72.7 cm³/mol. The van der Waals surface area contributed by atoms with Gasteiger partial charge in [-0.2, -0.15) is 0 Å². The monoisotopic (exact) mass is 693 g/mol. The average Bonchev–Trinajstić information content (AvgIpc) is 2.50. The summed E-state index contributed by atoms with van der Waals surface area (Å²) in [6.07, 6.45) is 3.68. The van der Waals surface area contributed by atoms with E-state index in [0.717, 1.165) is 31.4 Å². The Morgan fingerprint density at radius 3 is 2.53 bits per heavy atom. The van der Waals surface area contributed by atoms with Crippen molar-refractivity contribution in [2.75, 3.05) is 0 Å². The van der Waals surface area contributed by atoms with Gasteiger partial charge in [0.05, 0.1) is 6.10 Å². The van der Waals surface area contributed by atoms with Gasteiger partial charge < -0.3 is 16.2 Å². The average molecular weight is 693 g/mol. The van der Waals surface area contributed by atoms with E-state index in [-0.39, 0.29) is 118 Å². The number of rotatable bonds is 6. The van der Waals surface area contributed by atoms with E-state index in [1.165, 1.54) is 0 Å². The number of aliphatic hydroxyl groups is 1. The smallest absolute Gasteiger partial charge is 0.0600 e. The molecule has 0 aliphatic heterocycles. The minimum atomic E-state index is -0.341. The molecule has 3 nitrogen and oxygen atoms in total. The number of hydrogen-bond acceptors (Lipinski definition) is 2.